The Balaban J connectivity index is 3.08. The SMILES string of the molecule is C[C@@H](O)[C@@H](O)c1cnc(N)c(C#N)n1. The van der Waals surface area contributed by atoms with Gasteiger partial charge in [0.15, 0.2) is 11.5 Å². The number of nitrogen functional groups attached to an aromatic ring is 1. The van der Waals surface area contributed by atoms with Gasteiger partial charge in [-0.1, -0.05) is 0 Å². The summed E-state index contributed by atoms with van der Waals surface area (Å²) < 4.78 is 0. The third-order valence-electron chi connectivity index (χ3n) is 1.69. The van der Waals surface area contributed by atoms with Crippen molar-refractivity contribution in [3.8, 4) is 6.07 Å². The van der Waals surface area contributed by atoms with Crippen LogP contribution in [0, 0.1) is 11.3 Å². The summed E-state index contributed by atoms with van der Waals surface area (Å²) in [6.07, 6.45) is -0.900. The van der Waals surface area contributed by atoms with Gasteiger partial charge in [0.05, 0.1) is 18.0 Å². The fraction of sp³-hybridized carbons (Fsp3) is 0.375. The Morgan fingerprint density at radius 3 is 2.71 bits per heavy atom. The first-order valence-electron chi connectivity index (χ1n) is 3.95. The molecule has 0 saturated heterocycles. The number of aliphatic hydroxyl groups excluding tert-OH is 2. The molecule has 1 rings (SSSR count). The summed E-state index contributed by atoms with van der Waals surface area (Å²) >= 11 is 0. The maximum Gasteiger partial charge on any atom is 0.183 e. The van der Waals surface area contributed by atoms with Gasteiger partial charge in [-0.05, 0) is 6.92 Å². The van der Waals surface area contributed by atoms with Crippen LogP contribution in [0.3, 0.4) is 0 Å². The first kappa shape index (κ1) is 10.4. The molecule has 0 radical (unpaired) electrons. The number of rotatable bonds is 2. The van der Waals surface area contributed by atoms with E-state index in [1.54, 1.807) is 6.07 Å². The highest BCUT2D eigenvalue weighted by atomic mass is 16.3. The molecule has 0 aromatic carbocycles. The molecule has 0 aliphatic carbocycles. The summed E-state index contributed by atoms with van der Waals surface area (Å²) in [5, 5.41) is 27.1. The van der Waals surface area contributed by atoms with Crippen molar-refractivity contribution in [1.82, 2.24) is 9.97 Å². The van der Waals surface area contributed by atoms with Crippen LogP contribution in [-0.2, 0) is 0 Å². The molecule has 0 fully saturated rings. The summed E-state index contributed by atoms with van der Waals surface area (Å²) in [5.41, 5.74) is 5.41. The zero-order valence-corrected chi connectivity index (χ0v) is 7.55. The Bertz CT molecular complexity index is 372. The molecule has 2 atom stereocenters. The number of aromatic nitrogens is 2. The van der Waals surface area contributed by atoms with E-state index in [-0.39, 0.29) is 17.2 Å². The maximum atomic E-state index is 9.41. The number of hydrogen-bond acceptors (Lipinski definition) is 6. The smallest absolute Gasteiger partial charge is 0.183 e. The van der Waals surface area contributed by atoms with Crippen LogP contribution in [0.25, 0.3) is 0 Å². The molecule has 0 unspecified atom stereocenters. The fourth-order valence-electron chi connectivity index (χ4n) is 0.884. The second-order valence-corrected chi connectivity index (χ2v) is 2.83. The molecule has 0 aliphatic rings. The molecule has 74 valence electrons. The maximum absolute atomic E-state index is 9.41. The fourth-order valence-corrected chi connectivity index (χ4v) is 0.884. The van der Waals surface area contributed by atoms with Gasteiger partial charge in [0, 0.05) is 0 Å². The number of aliphatic hydroxyl groups is 2. The van der Waals surface area contributed by atoms with E-state index in [2.05, 4.69) is 9.97 Å². The Kier molecular flexibility index (Phi) is 2.96. The van der Waals surface area contributed by atoms with Crippen LogP contribution >= 0.6 is 0 Å². The lowest BCUT2D eigenvalue weighted by Crippen LogP contribution is -2.16. The van der Waals surface area contributed by atoms with Crippen LogP contribution < -0.4 is 5.73 Å². The molecule has 4 N–H and O–H groups in total. The molecule has 14 heavy (non-hydrogen) atoms. The quantitative estimate of drug-likeness (QED) is 0.575. The van der Waals surface area contributed by atoms with Crippen LogP contribution in [0.4, 0.5) is 5.82 Å². The topological polar surface area (TPSA) is 116 Å². The average Bonchev–Trinajstić information content (AvgIpc) is 2.17. The summed E-state index contributed by atoms with van der Waals surface area (Å²) in [6, 6.07) is 1.74. The highest BCUT2D eigenvalue weighted by molar-refractivity contribution is 5.43. The van der Waals surface area contributed by atoms with E-state index < -0.39 is 12.2 Å². The molecule has 1 aromatic rings. The minimum Gasteiger partial charge on any atom is -0.390 e. The van der Waals surface area contributed by atoms with Gasteiger partial charge in [-0.15, -0.1) is 0 Å². The standard InChI is InChI=1S/C8H10N4O2/c1-4(13)7(14)6-3-11-8(10)5(2-9)12-6/h3-4,7,13-14H,1H3,(H2,10,11)/t4-,7-/m1/s1. The lowest BCUT2D eigenvalue weighted by molar-refractivity contribution is 0.0276. The van der Waals surface area contributed by atoms with Gasteiger partial charge in [0.25, 0.3) is 0 Å². The summed E-state index contributed by atoms with van der Waals surface area (Å²) in [7, 11) is 0. The molecular weight excluding hydrogens is 184 g/mol. The molecule has 0 aliphatic heterocycles. The van der Waals surface area contributed by atoms with Gasteiger partial charge < -0.3 is 15.9 Å². The first-order valence-corrected chi connectivity index (χ1v) is 3.95. The van der Waals surface area contributed by atoms with Gasteiger partial charge in [0.1, 0.15) is 12.2 Å². The van der Waals surface area contributed by atoms with Crippen molar-refractivity contribution in [1.29, 1.82) is 5.26 Å². The van der Waals surface area contributed by atoms with E-state index in [4.69, 9.17) is 16.1 Å². The normalized spacial score (nSPS) is 14.4. The second-order valence-electron chi connectivity index (χ2n) is 2.83. The van der Waals surface area contributed by atoms with E-state index in [1.807, 2.05) is 0 Å². The molecule has 6 nitrogen and oxygen atoms in total. The molecule has 6 heteroatoms. The molecule has 0 bridgehead atoms. The molecule has 1 heterocycles. The van der Waals surface area contributed by atoms with E-state index in [0.717, 1.165) is 0 Å². The second kappa shape index (κ2) is 4.00. The number of nitrogens with two attached hydrogens (primary N) is 1. The van der Waals surface area contributed by atoms with Crippen molar-refractivity contribution in [2.24, 2.45) is 0 Å². The molecule has 1 aromatic heterocycles. The number of nitrogens with zero attached hydrogens (tertiary/aromatic N) is 3. The van der Waals surface area contributed by atoms with Gasteiger partial charge in [-0.2, -0.15) is 5.26 Å². The van der Waals surface area contributed by atoms with Crippen LogP contribution in [0.5, 0.6) is 0 Å². The Morgan fingerprint density at radius 2 is 2.21 bits per heavy atom. The summed E-state index contributed by atoms with van der Waals surface area (Å²) in [6.45, 7) is 1.41. The van der Waals surface area contributed by atoms with Crippen LogP contribution in [-0.4, -0.2) is 26.3 Å². The molecule has 0 amide bonds. The zero-order valence-electron chi connectivity index (χ0n) is 7.55. The van der Waals surface area contributed by atoms with Gasteiger partial charge in [0.2, 0.25) is 0 Å². The summed E-state index contributed by atoms with van der Waals surface area (Å²) in [5.74, 6) is 0.00837. The van der Waals surface area contributed by atoms with E-state index >= 15 is 0 Å². The average molecular weight is 194 g/mol. The number of nitriles is 1. The third kappa shape index (κ3) is 1.96. The molecule has 0 saturated carbocycles. The zero-order chi connectivity index (χ0) is 10.7. The van der Waals surface area contributed by atoms with Crippen molar-refractivity contribution < 1.29 is 10.2 Å². The van der Waals surface area contributed by atoms with Crippen LogP contribution in [0.1, 0.15) is 24.4 Å². The first-order chi connectivity index (χ1) is 6.56. The largest absolute Gasteiger partial charge is 0.390 e. The Hall–Kier alpha value is -1.71. The Morgan fingerprint density at radius 1 is 1.57 bits per heavy atom. The molecular formula is C8H10N4O2. The van der Waals surface area contributed by atoms with Gasteiger partial charge >= 0.3 is 0 Å². The lowest BCUT2D eigenvalue weighted by Gasteiger charge is -2.12. The highest BCUT2D eigenvalue weighted by Gasteiger charge is 2.16. The predicted molar refractivity (Wildman–Crippen MR) is 47.8 cm³/mol. The van der Waals surface area contributed by atoms with Crippen LogP contribution in [0.2, 0.25) is 0 Å². The highest BCUT2D eigenvalue weighted by Crippen LogP contribution is 2.15. The summed E-state index contributed by atoms with van der Waals surface area (Å²) in [4.78, 5) is 7.43. The van der Waals surface area contributed by atoms with Crippen molar-refractivity contribution in [3.05, 3.63) is 17.6 Å². The monoisotopic (exact) mass is 194 g/mol. The number of anilines is 1. The molecule has 0 spiro atoms. The number of hydrogen-bond donors (Lipinski definition) is 3. The van der Waals surface area contributed by atoms with E-state index in [1.165, 1.54) is 13.1 Å². The van der Waals surface area contributed by atoms with E-state index in [0.29, 0.717) is 0 Å². The van der Waals surface area contributed by atoms with Crippen molar-refractivity contribution >= 4 is 5.82 Å². The minimum absolute atomic E-state index is 0.00837. The van der Waals surface area contributed by atoms with Gasteiger partial charge in [-0.25, -0.2) is 9.97 Å². The Labute approximate surface area is 80.7 Å². The predicted octanol–water partition coefficient (Wildman–Crippen LogP) is -0.655. The van der Waals surface area contributed by atoms with Crippen molar-refractivity contribution in [2.75, 3.05) is 5.73 Å². The van der Waals surface area contributed by atoms with E-state index in [9.17, 15) is 5.11 Å². The van der Waals surface area contributed by atoms with Gasteiger partial charge in [-0.3, -0.25) is 0 Å². The van der Waals surface area contributed by atoms with Crippen molar-refractivity contribution in [2.45, 2.75) is 19.1 Å². The lowest BCUT2D eigenvalue weighted by atomic mass is 10.2. The van der Waals surface area contributed by atoms with Crippen LogP contribution in [0.15, 0.2) is 6.20 Å². The minimum atomic E-state index is -1.16. The van der Waals surface area contributed by atoms with Crippen molar-refractivity contribution in [3.63, 3.8) is 0 Å². The third-order valence-corrected chi connectivity index (χ3v) is 1.69.